The maximum atomic E-state index is 9.45. The van der Waals surface area contributed by atoms with Crippen LogP contribution in [0.2, 0.25) is 0 Å². The van der Waals surface area contributed by atoms with Gasteiger partial charge in [0.1, 0.15) is 5.75 Å². The molecule has 0 saturated heterocycles. The van der Waals surface area contributed by atoms with Crippen LogP contribution in [0.4, 0.5) is 0 Å². The lowest BCUT2D eigenvalue weighted by atomic mass is 10.2. The summed E-state index contributed by atoms with van der Waals surface area (Å²) in [6, 6.07) is 5.91. The lowest BCUT2D eigenvalue weighted by Gasteiger charge is -2.21. The highest BCUT2D eigenvalue weighted by Crippen LogP contribution is 2.30. The number of halogens is 1. The molecule has 0 aromatic heterocycles. The summed E-state index contributed by atoms with van der Waals surface area (Å²) in [7, 11) is 0. The van der Waals surface area contributed by atoms with Gasteiger partial charge < -0.3 is 10.2 Å². The second kappa shape index (κ2) is 5.17. The van der Waals surface area contributed by atoms with E-state index in [1.54, 1.807) is 12.1 Å². The van der Waals surface area contributed by atoms with Crippen molar-refractivity contribution >= 4 is 15.9 Å². The summed E-state index contributed by atoms with van der Waals surface area (Å²) in [5.41, 5.74) is 1.07. The Morgan fingerprint density at radius 3 is 2.75 bits per heavy atom. The van der Waals surface area contributed by atoms with Crippen LogP contribution in [0.15, 0.2) is 22.7 Å². The second-order valence-corrected chi connectivity index (χ2v) is 5.06. The summed E-state index contributed by atoms with van der Waals surface area (Å²) < 4.78 is 1.01. The van der Waals surface area contributed by atoms with Gasteiger partial charge in [-0.1, -0.05) is 15.9 Å². The molecular formula is C12H16BrNO2. The lowest BCUT2D eigenvalue weighted by Crippen LogP contribution is -2.28. The molecule has 1 aromatic rings. The van der Waals surface area contributed by atoms with Crippen LogP contribution in [0.5, 0.6) is 5.75 Å². The molecule has 0 atom stereocenters. The third-order valence-corrected chi connectivity index (χ3v) is 3.63. The van der Waals surface area contributed by atoms with Gasteiger partial charge in [-0.2, -0.15) is 0 Å². The van der Waals surface area contributed by atoms with Crippen LogP contribution in [0.1, 0.15) is 18.4 Å². The Bertz CT molecular complexity index is 366. The summed E-state index contributed by atoms with van der Waals surface area (Å²) in [5.74, 6) is 0.290. The zero-order chi connectivity index (χ0) is 11.5. The van der Waals surface area contributed by atoms with Gasteiger partial charge in [-0.15, -0.1) is 0 Å². The number of phenolic OH excluding ortho intramolecular Hbond substituents is 1. The van der Waals surface area contributed by atoms with Gasteiger partial charge in [0.2, 0.25) is 0 Å². The normalized spacial score (nSPS) is 15.7. The average Bonchev–Trinajstić information content (AvgIpc) is 3.06. The summed E-state index contributed by atoms with van der Waals surface area (Å²) in [4.78, 5) is 2.26. The number of phenols is 1. The third kappa shape index (κ3) is 2.97. The maximum absolute atomic E-state index is 9.45. The van der Waals surface area contributed by atoms with Gasteiger partial charge in [0.25, 0.3) is 0 Å². The van der Waals surface area contributed by atoms with Crippen LogP contribution >= 0.6 is 15.9 Å². The smallest absolute Gasteiger partial charge is 0.115 e. The van der Waals surface area contributed by atoms with Crippen LogP contribution in [0.3, 0.4) is 0 Å². The van der Waals surface area contributed by atoms with E-state index in [1.165, 1.54) is 12.8 Å². The molecule has 1 fully saturated rings. The van der Waals surface area contributed by atoms with Crippen LogP contribution in [-0.4, -0.2) is 34.3 Å². The predicted octanol–water partition coefficient (Wildman–Crippen LogP) is 2.11. The Morgan fingerprint density at radius 1 is 1.38 bits per heavy atom. The molecule has 1 saturated carbocycles. The highest BCUT2D eigenvalue weighted by molar-refractivity contribution is 9.10. The minimum absolute atomic E-state index is 0.187. The summed E-state index contributed by atoms with van der Waals surface area (Å²) >= 11 is 3.48. The third-order valence-electron chi connectivity index (χ3n) is 2.85. The molecule has 2 rings (SSSR count). The van der Waals surface area contributed by atoms with E-state index in [0.29, 0.717) is 12.6 Å². The molecule has 0 bridgehead atoms. The molecule has 0 unspecified atom stereocenters. The Balaban J connectivity index is 2.08. The minimum Gasteiger partial charge on any atom is -0.508 e. The number of rotatable bonds is 5. The van der Waals surface area contributed by atoms with Crippen molar-refractivity contribution in [3.05, 3.63) is 28.2 Å². The van der Waals surface area contributed by atoms with Crippen molar-refractivity contribution in [1.82, 2.24) is 4.90 Å². The summed E-state index contributed by atoms with van der Waals surface area (Å²) in [5, 5.41) is 18.5. The van der Waals surface area contributed by atoms with Gasteiger partial charge >= 0.3 is 0 Å². The van der Waals surface area contributed by atoms with Crippen LogP contribution in [0.25, 0.3) is 0 Å². The average molecular weight is 286 g/mol. The molecule has 3 nitrogen and oxygen atoms in total. The van der Waals surface area contributed by atoms with Gasteiger partial charge in [0.15, 0.2) is 0 Å². The van der Waals surface area contributed by atoms with E-state index in [0.717, 1.165) is 16.6 Å². The summed E-state index contributed by atoms with van der Waals surface area (Å²) in [6.07, 6.45) is 2.44. The van der Waals surface area contributed by atoms with Crippen molar-refractivity contribution in [2.24, 2.45) is 0 Å². The van der Waals surface area contributed by atoms with Gasteiger partial charge in [-0.3, -0.25) is 4.90 Å². The SMILES string of the molecule is OCCN(Cc1cc(O)ccc1Br)C1CC1. The number of hydrogen-bond donors (Lipinski definition) is 2. The Morgan fingerprint density at radius 2 is 2.12 bits per heavy atom. The van der Waals surface area contributed by atoms with Gasteiger partial charge in [0, 0.05) is 23.6 Å². The van der Waals surface area contributed by atoms with E-state index >= 15 is 0 Å². The fourth-order valence-corrected chi connectivity index (χ4v) is 2.23. The van der Waals surface area contributed by atoms with Crippen molar-refractivity contribution in [2.45, 2.75) is 25.4 Å². The molecule has 0 amide bonds. The molecular weight excluding hydrogens is 270 g/mol. The molecule has 88 valence electrons. The molecule has 0 spiro atoms. The molecule has 0 heterocycles. The van der Waals surface area contributed by atoms with Gasteiger partial charge in [0.05, 0.1) is 6.61 Å². The molecule has 0 aliphatic heterocycles. The number of nitrogens with zero attached hydrogens (tertiary/aromatic N) is 1. The first-order chi connectivity index (χ1) is 7.70. The van der Waals surface area contributed by atoms with E-state index in [-0.39, 0.29) is 12.4 Å². The van der Waals surface area contributed by atoms with E-state index < -0.39 is 0 Å². The molecule has 1 aromatic carbocycles. The predicted molar refractivity (Wildman–Crippen MR) is 66.3 cm³/mol. The first-order valence-corrected chi connectivity index (χ1v) is 6.32. The highest BCUT2D eigenvalue weighted by atomic mass is 79.9. The quantitative estimate of drug-likeness (QED) is 0.871. The Kier molecular flexibility index (Phi) is 3.84. The number of benzene rings is 1. The molecule has 1 aliphatic rings. The molecule has 2 N–H and O–H groups in total. The first-order valence-electron chi connectivity index (χ1n) is 5.53. The van der Waals surface area contributed by atoms with E-state index in [4.69, 9.17) is 5.11 Å². The topological polar surface area (TPSA) is 43.7 Å². The highest BCUT2D eigenvalue weighted by Gasteiger charge is 2.28. The number of hydrogen-bond acceptors (Lipinski definition) is 3. The van der Waals surface area contributed by atoms with E-state index in [1.807, 2.05) is 6.07 Å². The monoisotopic (exact) mass is 285 g/mol. The first kappa shape index (κ1) is 11.9. The molecule has 16 heavy (non-hydrogen) atoms. The van der Waals surface area contributed by atoms with Crippen LogP contribution in [0, 0.1) is 0 Å². The van der Waals surface area contributed by atoms with E-state index in [9.17, 15) is 5.11 Å². The van der Waals surface area contributed by atoms with Crippen molar-refractivity contribution in [2.75, 3.05) is 13.2 Å². The lowest BCUT2D eigenvalue weighted by molar-refractivity contribution is 0.183. The van der Waals surface area contributed by atoms with Crippen molar-refractivity contribution in [1.29, 1.82) is 0 Å². The van der Waals surface area contributed by atoms with Crippen molar-refractivity contribution in [3.8, 4) is 5.75 Å². The second-order valence-electron chi connectivity index (χ2n) is 4.20. The molecule has 4 heteroatoms. The van der Waals surface area contributed by atoms with E-state index in [2.05, 4.69) is 20.8 Å². The Labute approximate surface area is 104 Å². The molecule has 1 aliphatic carbocycles. The van der Waals surface area contributed by atoms with Crippen molar-refractivity contribution < 1.29 is 10.2 Å². The number of aliphatic hydroxyl groups is 1. The van der Waals surface area contributed by atoms with Crippen LogP contribution in [-0.2, 0) is 6.54 Å². The zero-order valence-electron chi connectivity index (χ0n) is 9.06. The fraction of sp³-hybridized carbons (Fsp3) is 0.500. The maximum Gasteiger partial charge on any atom is 0.115 e. The minimum atomic E-state index is 0.187. The summed E-state index contributed by atoms with van der Waals surface area (Å²) in [6.45, 7) is 1.67. The largest absolute Gasteiger partial charge is 0.508 e. The zero-order valence-corrected chi connectivity index (χ0v) is 10.7. The van der Waals surface area contributed by atoms with Crippen LogP contribution < -0.4 is 0 Å². The van der Waals surface area contributed by atoms with Gasteiger partial charge in [-0.05, 0) is 36.6 Å². The molecule has 0 radical (unpaired) electrons. The van der Waals surface area contributed by atoms with Crippen molar-refractivity contribution in [3.63, 3.8) is 0 Å². The fourth-order valence-electron chi connectivity index (χ4n) is 1.86. The number of aliphatic hydroxyl groups excluding tert-OH is 1. The Hall–Kier alpha value is -0.580. The number of aromatic hydroxyl groups is 1. The standard InChI is InChI=1S/C12H16BrNO2/c13-12-4-3-11(16)7-9(12)8-14(5-6-15)10-1-2-10/h3-4,7,10,15-16H,1-2,5-6,8H2. The van der Waals surface area contributed by atoms with Gasteiger partial charge in [-0.25, -0.2) is 0 Å².